The Morgan fingerprint density at radius 2 is 2.05 bits per heavy atom. The number of aliphatic imine (C=N–C) groups is 1. The van der Waals surface area contributed by atoms with E-state index in [4.69, 9.17) is 22.1 Å². The molecule has 22 heavy (non-hydrogen) atoms. The minimum atomic E-state index is -1.11. The molecule has 0 saturated carbocycles. The van der Waals surface area contributed by atoms with Crippen molar-refractivity contribution in [1.29, 1.82) is 0 Å². The van der Waals surface area contributed by atoms with E-state index in [-0.39, 0.29) is 5.84 Å². The SMILES string of the molecule is COc1cc(/C(N)=N/C(O)c2cc(C)nc(Cl)c2)ccc1C. The highest BCUT2D eigenvalue weighted by Crippen LogP contribution is 2.21. The number of amidine groups is 1. The fourth-order valence-electron chi connectivity index (χ4n) is 2.06. The number of aryl methyl sites for hydroxylation is 2. The Morgan fingerprint density at radius 3 is 2.68 bits per heavy atom. The first-order valence-corrected chi connectivity index (χ1v) is 7.09. The Hall–Kier alpha value is -2.11. The molecule has 1 atom stereocenters. The number of benzene rings is 1. The number of nitrogens with zero attached hydrogens (tertiary/aromatic N) is 2. The summed E-state index contributed by atoms with van der Waals surface area (Å²) < 4.78 is 5.26. The second kappa shape index (κ2) is 6.77. The average molecular weight is 320 g/mol. The van der Waals surface area contributed by atoms with Gasteiger partial charge >= 0.3 is 0 Å². The Bertz CT molecular complexity index is 696. The van der Waals surface area contributed by atoms with E-state index in [1.807, 2.05) is 19.1 Å². The highest BCUT2D eigenvalue weighted by molar-refractivity contribution is 6.29. The molecule has 1 aromatic carbocycles. The van der Waals surface area contributed by atoms with Crippen LogP contribution in [0.15, 0.2) is 35.3 Å². The summed E-state index contributed by atoms with van der Waals surface area (Å²) in [4.78, 5) is 8.16. The summed E-state index contributed by atoms with van der Waals surface area (Å²) >= 11 is 5.89. The third-order valence-corrected chi connectivity index (χ3v) is 3.40. The van der Waals surface area contributed by atoms with Crippen LogP contribution in [0.3, 0.4) is 0 Å². The molecule has 3 N–H and O–H groups in total. The molecule has 0 saturated heterocycles. The molecule has 1 unspecified atom stereocenters. The van der Waals surface area contributed by atoms with Crippen molar-refractivity contribution in [2.45, 2.75) is 20.1 Å². The summed E-state index contributed by atoms with van der Waals surface area (Å²) in [5.41, 5.74) is 8.89. The maximum absolute atomic E-state index is 10.2. The van der Waals surface area contributed by atoms with Gasteiger partial charge in [0.15, 0.2) is 6.23 Å². The molecule has 0 bridgehead atoms. The third-order valence-electron chi connectivity index (χ3n) is 3.21. The van der Waals surface area contributed by atoms with E-state index in [9.17, 15) is 5.11 Å². The average Bonchev–Trinajstić information content (AvgIpc) is 2.46. The predicted molar refractivity (Wildman–Crippen MR) is 87.4 cm³/mol. The molecule has 0 fully saturated rings. The standard InChI is InChI=1S/C16H18ClN3O2/c1-9-4-5-11(7-13(9)22-3)15(18)20-16(21)12-6-10(2)19-14(17)8-12/h4-8,16,21H,1-3H3,(H2,18,20). The van der Waals surface area contributed by atoms with Crippen LogP contribution in [0.1, 0.15) is 28.6 Å². The van der Waals surface area contributed by atoms with Crippen LogP contribution in [0, 0.1) is 13.8 Å². The predicted octanol–water partition coefficient (Wildman–Crippen LogP) is 2.76. The number of hydrogen-bond donors (Lipinski definition) is 2. The van der Waals surface area contributed by atoms with E-state index >= 15 is 0 Å². The van der Waals surface area contributed by atoms with Gasteiger partial charge in [-0.2, -0.15) is 0 Å². The Kier molecular flexibility index (Phi) is 5.00. The lowest BCUT2D eigenvalue weighted by Gasteiger charge is -2.11. The molecule has 0 radical (unpaired) electrons. The van der Waals surface area contributed by atoms with Crippen molar-refractivity contribution in [1.82, 2.24) is 4.98 Å². The number of aromatic nitrogens is 1. The van der Waals surface area contributed by atoms with E-state index in [2.05, 4.69) is 9.98 Å². The van der Waals surface area contributed by atoms with Gasteiger partial charge < -0.3 is 15.6 Å². The molecule has 116 valence electrons. The van der Waals surface area contributed by atoms with Crippen LogP contribution in [-0.2, 0) is 0 Å². The zero-order chi connectivity index (χ0) is 16.3. The van der Waals surface area contributed by atoms with Gasteiger partial charge in [-0.05, 0) is 37.6 Å². The molecule has 1 heterocycles. The summed E-state index contributed by atoms with van der Waals surface area (Å²) in [6, 6.07) is 8.77. The Balaban J connectivity index is 2.31. The minimum absolute atomic E-state index is 0.219. The monoisotopic (exact) mass is 319 g/mol. The largest absolute Gasteiger partial charge is 0.496 e. The molecule has 0 aliphatic rings. The summed E-state index contributed by atoms with van der Waals surface area (Å²) in [7, 11) is 1.59. The zero-order valence-corrected chi connectivity index (χ0v) is 13.4. The van der Waals surface area contributed by atoms with Crippen LogP contribution in [-0.4, -0.2) is 23.0 Å². The topological polar surface area (TPSA) is 80.7 Å². The van der Waals surface area contributed by atoms with Gasteiger partial charge in [0, 0.05) is 16.8 Å². The molecule has 2 rings (SSSR count). The molecule has 2 aromatic rings. The number of ether oxygens (including phenoxy) is 1. The van der Waals surface area contributed by atoms with Gasteiger partial charge in [-0.3, -0.25) is 0 Å². The number of pyridine rings is 1. The van der Waals surface area contributed by atoms with Gasteiger partial charge in [0.25, 0.3) is 0 Å². The van der Waals surface area contributed by atoms with E-state index in [0.717, 1.165) is 5.56 Å². The third kappa shape index (κ3) is 3.75. The smallest absolute Gasteiger partial charge is 0.173 e. The summed E-state index contributed by atoms with van der Waals surface area (Å²) in [5, 5.41) is 10.5. The van der Waals surface area contributed by atoms with E-state index in [1.54, 1.807) is 32.2 Å². The molecular formula is C16H18ClN3O2. The first kappa shape index (κ1) is 16.3. The fraction of sp³-hybridized carbons (Fsp3) is 0.250. The van der Waals surface area contributed by atoms with Crippen LogP contribution < -0.4 is 10.5 Å². The van der Waals surface area contributed by atoms with Crippen molar-refractivity contribution in [2.75, 3.05) is 7.11 Å². The number of aliphatic hydroxyl groups excluding tert-OH is 1. The van der Waals surface area contributed by atoms with Crippen molar-refractivity contribution in [3.05, 3.63) is 57.9 Å². The number of hydrogen-bond acceptors (Lipinski definition) is 4. The molecule has 0 amide bonds. The van der Waals surface area contributed by atoms with Gasteiger partial charge in [-0.25, -0.2) is 9.98 Å². The molecule has 0 aliphatic heterocycles. The first-order chi connectivity index (χ1) is 10.4. The molecular weight excluding hydrogens is 302 g/mol. The van der Waals surface area contributed by atoms with Crippen molar-refractivity contribution < 1.29 is 9.84 Å². The van der Waals surface area contributed by atoms with E-state index < -0.39 is 6.23 Å². The number of aliphatic hydroxyl groups is 1. The summed E-state index contributed by atoms with van der Waals surface area (Å²) in [6.45, 7) is 3.73. The second-order valence-corrected chi connectivity index (χ2v) is 5.32. The van der Waals surface area contributed by atoms with Gasteiger partial charge in [0.05, 0.1) is 7.11 Å². The van der Waals surface area contributed by atoms with Crippen molar-refractivity contribution in [3.8, 4) is 5.75 Å². The lowest BCUT2D eigenvalue weighted by molar-refractivity contribution is 0.188. The Morgan fingerprint density at radius 1 is 1.32 bits per heavy atom. The maximum Gasteiger partial charge on any atom is 0.173 e. The van der Waals surface area contributed by atoms with Crippen molar-refractivity contribution >= 4 is 17.4 Å². The van der Waals surface area contributed by atoms with Crippen LogP contribution in [0.2, 0.25) is 5.15 Å². The van der Waals surface area contributed by atoms with Gasteiger partial charge in [0.1, 0.15) is 16.7 Å². The number of nitrogens with two attached hydrogens (primary N) is 1. The summed E-state index contributed by atoms with van der Waals surface area (Å²) in [5.74, 6) is 0.935. The van der Waals surface area contributed by atoms with Gasteiger partial charge in [0.2, 0.25) is 0 Å². The van der Waals surface area contributed by atoms with Gasteiger partial charge in [-0.1, -0.05) is 23.7 Å². The normalized spacial score (nSPS) is 13.0. The first-order valence-electron chi connectivity index (χ1n) is 6.71. The summed E-state index contributed by atoms with van der Waals surface area (Å²) in [6.07, 6.45) is -1.11. The van der Waals surface area contributed by atoms with Crippen LogP contribution in [0.25, 0.3) is 0 Å². The van der Waals surface area contributed by atoms with Crippen LogP contribution >= 0.6 is 11.6 Å². The maximum atomic E-state index is 10.2. The lowest BCUT2D eigenvalue weighted by atomic mass is 10.1. The van der Waals surface area contributed by atoms with E-state index in [1.165, 1.54) is 0 Å². The van der Waals surface area contributed by atoms with Crippen LogP contribution in [0.4, 0.5) is 0 Å². The zero-order valence-electron chi connectivity index (χ0n) is 12.7. The molecule has 5 nitrogen and oxygen atoms in total. The highest BCUT2D eigenvalue weighted by Gasteiger charge is 2.10. The van der Waals surface area contributed by atoms with Crippen LogP contribution in [0.5, 0.6) is 5.75 Å². The van der Waals surface area contributed by atoms with Crippen molar-refractivity contribution in [2.24, 2.45) is 10.7 Å². The molecule has 6 heteroatoms. The van der Waals surface area contributed by atoms with E-state index in [0.29, 0.717) is 27.7 Å². The van der Waals surface area contributed by atoms with Gasteiger partial charge in [-0.15, -0.1) is 0 Å². The minimum Gasteiger partial charge on any atom is -0.496 e. The number of methoxy groups -OCH3 is 1. The second-order valence-electron chi connectivity index (χ2n) is 4.94. The molecule has 1 aromatic heterocycles. The molecule has 0 aliphatic carbocycles. The number of halogens is 1. The highest BCUT2D eigenvalue weighted by atomic mass is 35.5. The molecule has 0 spiro atoms. The number of rotatable bonds is 4. The lowest BCUT2D eigenvalue weighted by Crippen LogP contribution is -2.15. The van der Waals surface area contributed by atoms with Crippen molar-refractivity contribution in [3.63, 3.8) is 0 Å². The Labute approximate surface area is 134 Å². The fourth-order valence-corrected chi connectivity index (χ4v) is 2.32. The quantitative estimate of drug-likeness (QED) is 0.516.